The molecule has 1 fully saturated rings. The lowest BCUT2D eigenvalue weighted by molar-refractivity contribution is 0.102. The van der Waals surface area contributed by atoms with E-state index in [0.717, 1.165) is 18.8 Å². The van der Waals surface area contributed by atoms with Gasteiger partial charge in [0.05, 0.1) is 0 Å². The minimum Gasteiger partial charge on any atom is -0.372 e. The van der Waals surface area contributed by atoms with Crippen LogP contribution in [0.25, 0.3) is 0 Å². The molecule has 1 aliphatic rings. The third kappa shape index (κ3) is 4.71. The molecule has 1 aromatic carbocycles. The standard InChI is InChI=1S/C21H24N6O2/c1-14-12-20(26-29-14)25-19-13-18(22-15(2)23-19)21(28)24-16-6-8-17(9-7-16)27-10-4-3-5-11-27/h6-9,12-13H,3-5,10-11H2,1-2H3,(H,24,28)(H,22,23,25,26). The van der Waals surface area contributed by atoms with Crippen molar-refractivity contribution in [2.45, 2.75) is 33.1 Å². The highest BCUT2D eigenvalue weighted by atomic mass is 16.5. The average Bonchev–Trinajstić information content (AvgIpc) is 3.13. The smallest absolute Gasteiger partial charge is 0.274 e. The summed E-state index contributed by atoms with van der Waals surface area (Å²) in [5.74, 6) is 1.89. The fourth-order valence-corrected chi connectivity index (χ4v) is 3.41. The van der Waals surface area contributed by atoms with Gasteiger partial charge >= 0.3 is 0 Å². The Morgan fingerprint density at radius 2 is 1.76 bits per heavy atom. The second-order valence-corrected chi connectivity index (χ2v) is 7.18. The first-order valence-corrected chi connectivity index (χ1v) is 9.79. The summed E-state index contributed by atoms with van der Waals surface area (Å²) in [6, 6.07) is 11.3. The second-order valence-electron chi connectivity index (χ2n) is 7.18. The molecule has 4 rings (SSSR count). The van der Waals surface area contributed by atoms with Crippen molar-refractivity contribution in [3.05, 3.63) is 53.7 Å². The molecule has 0 aliphatic carbocycles. The highest BCUT2D eigenvalue weighted by molar-refractivity contribution is 6.03. The van der Waals surface area contributed by atoms with Crippen molar-refractivity contribution in [3.63, 3.8) is 0 Å². The zero-order valence-electron chi connectivity index (χ0n) is 16.6. The maximum Gasteiger partial charge on any atom is 0.274 e. The number of amides is 1. The van der Waals surface area contributed by atoms with Gasteiger partial charge in [0.1, 0.15) is 23.1 Å². The average molecular weight is 392 g/mol. The van der Waals surface area contributed by atoms with E-state index in [4.69, 9.17) is 4.52 Å². The van der Waals surface area contributed by atoms with Crippen LogP contribution in [0.3, 0.4) is 0 Å². The van der Waals surface area contributed by atoms with Gasteiger partial charge < -0.3 is 20.1 Å². The molecule has 0 saturated carbocycles. The number of carbonyl (C=O) groups is 1. The van der Waals surface area contributed by atoms with E-state index in [1.807, 2.05) is 24.3 Å². The van der Waals surface area contributed by atoms with Crippen LogP contribution in [0.2, 0.25) is 0 Å². The molecule has 1 aliphatic heterocycles. The van der Waals surface area contributed by atoms with Gasteiger partial charge in [-0.15, -0.1) is 0 Å². The van der Waals surface area contributed by atoms with Crippen LogP contribution in [-0.4, -0.2) is 34.1 Å². The fraction of sp³-hybridized carbons (Fsp3) is 0.333. The van der Waals surface area contributed by atoms with E-state index in [-0.39, 0.29) is 11.6 Å². The summed E-state index contributed by atoms with van der Waals surface area (Å²) >= 11 is 0. The predicted octanol–water partition coefficient (Wildman–Crippen LogP) is 4.07. The molecule has 150 valence electrons. The van der Waals surface area contributed by atoms with Crippen LogP contribution in [0.15, 0.2) is 40.9 Å². The Morgan fingerprint density at radius 3 is 2.45 bits per heavy atom. The Labute approximate surface area is 169 Å². The number of aryl methyl sites for hydroxylation is 2. The largest absolute Gasteiger partial charge is 0.372 e. The third-order valence-corrected chi connectivity index (χ3v) is 4.80. The third-order valence-electron chi connectivity index (χ3n) is 4.80. The molecule has 2 N–H and O–H groups in total. The number of aromatic nitrogens is 3. The van der Waals surface area contributed by atoms with Crippen molar-refractivity contribution in [1.82, 2.24) is 15.1 Å². The maximum atomic E-state index is 12.7. The Hall–Kier alpha value is -3.42. The van der Waals surface area contributed by atoms with Gasteiger partial charge in [-0.1, -0.05) is 5.16 Å². The molecule has 0 unspecified atom stereocenters. The van der Waals surface area contributed by atoms with Gasteiger partial charge in [-0.05, 0) is 57.4 Å². The maximum absolute atomic E-state index is 12.7. The minimum absolute atomic E-state index is 0.278. The number of nitrogens with zero attached hydrogens (tertiary/aromatic N) is 4. The Morgan fingerprint density at radius 1 is 1.00 bits per heavy atom. The van der Waals surface area contributed by atoms with E-state index in [1.165, 1.54) is 24.9 Å². The molecule has 0 spiro atoms. The summed E-state index contributed by atoms with van der Waals surface area (Å²) in [6.45, 7) is 5.72. The molecule has 3 aromatic rings. The molecule has 1 saturated heterocycles. The van der Waals surface area contributed by atoms with E-state index >= 15 is 0 Å². The Balaban J connectivity index is 1.45. The molecule has 0 atom stereocenters. The lowest BCUT2D eigenvalue weighted by atomic mass is 10.1. The second kappa shape index (κ2) is 8.30. The number of benzene rings is 1. The molecular weight excluding hydrogens is 368 g/mol. The van der Waals surface area contributed by atoms with Gasteiger partial charge in [-0.3, -0.25) is 4.79 Å². The molecule has 0 radical (unpaired) electrons. The SMILES string of the molecule is Cc1nc(Nc2cc(C)on2)cc(C(=O)Nc2ccc(N3CCCCC3)cc2)n1. The summed E-state index contributed by atoms with van der Waals surface area (Å²) < 4.78 is 5.04. The number of anilines is 4. The molecule has 2 aromatic heterocycles. The first-order chi connectivity index (χ1) is 14.1. The monoisotopic (exact) mass is 392 g/mol. The summed E-state index contributed by atoms with van der Waals surface area (Å²) in [5, 5.41) is 9.81. The highest BCUT2D eigenvalue weighted by Gasteiger charge is 2.14. The lowest BCUT2D eigenvalue weighted by Crippen LogP contribution is -2.29. The molecule has 29 heavy (non-hydrogen) atoms. The molecule has 8 heteroatoms. The van der Waals surface area contributed by atoms with Gasteiger partial charge in [0.2, 0.25) is 0 Å². The predicted molar refractivity (Wildman–Crippen MR) is 112 cm³/mol. The van der Waals surface area contributed by atoms with Crippen LogP contribution in [-0.2, 0) is 0 Å². The molecule has 1 amide bonds. The minimum atomic E-state index is -0.291. The van der Waals surface area contributed by atoms with E-state index in [1.54, 1.807) is 26.0 Å². The van der Waals surface area contributed by atoms with Crippen LogP contribution in [0, 0.1) is 13.8 Å². The number of rotatable bonds is 5. The van der Waals surface area contributed by atoms with Crippen LogP contribution < -0.4 is 15.5 Å². The normalized spacial score (nSPS) is 13.9. The van der Waals surface area contributed by atoms with Crippen LogP contribution in [0.1, 0.15) is 41.3 Å². The van der Waals surface area contributed by atoms with Crippen molar-refractivity contribution in [2.24, 2.45) is 0 Å². The van der Waals surface area contributed by atoms with Gasteiger partial charge in [-0.2, -0.15) is 0 Å². The van der Waals surface area contributed by atoms with Crippen LogP contribution in [0.5, 0.6) is 0 Å². The van der Waals surface area contributed by atoms with Crippen molar-refractivity contribution in [2.75, 3.05) is 28.6 Å². The summed E-state index contributed by atoms with van der Waals surface area (Å²) in [4.78, 5) is 23.6. The number of carbonyl (C=O) groups excluding carboxylic acids is 1. The van der Waals surface area contributed by atoms with Gasteiger partial charge in [0, 0.05) is 36.6 Å². The van der Waals surface area contributed by atoms with E-state index < -0.39 is 0 Å². The van der Waals surface area contributed by atoms with E-state index in [0.29, 0.717) is 23.2 Å². The molecule has 3 heterocycles. The number of hydrogen-bond acceptors (Lipinski definition) is 7. The summed E-state index contributed by atoms with van der Waals surface area (Å²) in [5.41, 5.74) is 2.20. The lowest BCUT2D eigenvalue weighted by Gasteiger charge is -2.28. The van der Waals surface area contributed by atoms with Crippen LogP contribution in [0.4, 0.5) is 23.0 Å². The van der Waals surface area contributed by atoms with Crippen molar-refractivity contribution in [3.8, 4) is 0 Å². The summed E-state index contributed by atoms with van der Waals surface area (Å²) in [7, 11) is 0. The molecule has 0 bridgehead atoms. The number of nitrogens with one attached hydrogen (secondary N) is 2. The number of piperidine rings is 1. The number of hydrogen-bond donors (Lipinski definition) is 2. The Bertz CT molecular complexity index is 993. The van der Waals surface area contributed by atoms with E-state index in [2.05, 4.69) is 30.7 Å². The van der Waals surface area contributed by atoms with Crippen molar-refractivity contribution >= 4 is 28.9 Å². The fourth-order valence-electron chi connectivity index (χ4n) is 3.41. The first kappa shape index (κ1) is 18.9. The van der Waals surface area contributed by atoms with Gasteiger partial charge in [0.25, 0.3) is 5.91 Å². The zero-order chi connectivity index (χ0) is 20.2. The van der Waals surface area contributed by atoms with Crippen molar-refractivity contribution in [1.29, 1.82) is 0 Å². The first-order valence-electron chi connectivity index (χ1n) is 9.79. The topological polar surface area (TPSA) is 96.2 Å². The van der Waals surface area contributed by atoms with Gasteiger partial charge in [-0.25, -0.2) is 9.97 Å². The Kier molecular flexibility index (Phi) is 5.41. The van der Waals surface area contributed by atoms with Gasteiger partial charge in [0.15, 0.2) is 5.82 Å². The molecule has 8 nitrogen and oxygen atoms in total. The summed E-state index contributed by atoms with van der Waals surface area (Å²) in [6.07, 6.45) is 3.77. The zero-order valence-corrected chi connectivity index (χ0v) is 16.6. The van der Waals surface area contributed by atoms with E-state index in [9.17, 15) is 4.79 Å². The highest BCUT2D eigenvalue weighted by Crippen LogP contribution is 2.22. The van der Waals surface area contributed by atoms with Crippen LogP contribution >= 0.6 is 0 Å². The quantitative estimate of drug-likeness (QED) is 0.676. The van der Waals surface area contributed by atoms with Crippen molar-refractivity contribution < 1.29 is 9.32 Å². The molecular formula is C21H24N6O2.